The number of carbonyl (C=O) groups is 1. The lowest BCUT2D eigenvalue weighted by Crippen LogP contribution is -2.24. The summed E-state index contributed by atoms with van der Waals surface area (Å²) in [6.45, 7) is 7.75. The van der Waals surface area contributed by atoms with Crippen molar-refractivity contribution in [1.29, 1.82) is 0 Å². The number of carbonyl (C=O) groups excluding carboxylic acids is 1. The molecule has 3 heteroatoms. The number of ether oxygens (including phenoxy) is 1. The molecule has 3 nitrogen and oxygen atoms in total. The number of hydrogen-bond donors (Lipinski definition) is 0. The Morgan fingerprint density at radius 1 is 1.13 bits per heavy atom. The Hall–Kier alpha value is -1.35. The highest BCUT2D eigenvalue weighted by Gasteiger charge is 2.22. The fourth-order valence-electron chi connectivity index (χ4n) is 2.74. The number of likely N-dealkylation sites (N-methyl/N-ethyl adjacent to an activating group) is 1. The number of benzene rings is 1. The van der Waals surface area contributed by atoms with E-state index in [9.17, 15) is 4.79 Å². The second-order valence-corrected chi connectivity index (χ2v) is 6.96. The average Bonchev–Trinajstić information content (AvgIpc) is 2.54. The molecule has 23 heavy (non-hydrogen) atoms. The molecule has 0 heterocycles. The maximum Gasteiger partial charge on any atom is 0.308 e. The minimum Gasteiger partial charge on any atom is -0.464 e. The first-order chi connectivity index (χ1) is 10.9. The summed E-state index contributed by atoms with van der Waals surface area (Å²) < 4.78 is 5.40. The zero-order valence-corrected chi connectivity index (χ0v) is 15.4. The van der Waals surface area contributed by atoms with Crippen LogP contribution < -0.4 is 0 Å². The largest absolute Gasteiger partial charge is 0.464 e. The van der Waals surface area contributed by atoms with Gasteiger partial charge >= 0.3 is 5.97 Å². The molecule has 0 saturated heterocycles. The Morgan fingerprint density at radius 2 is 1.78 bits per heavy atom. The van der Waals surface area contributed by atoms with Gasteiger partial charge < -0.3 is 9.64 Å². The summed E-state index contributed by atoms with van der Waals surface area (Å²) in [6, 6.07) is 10.6. The molecule has 3 atom stereocenters. The summed E-state index contributed by atoms with van der Waals surface area (Å²) in [7, 11) is 3.96. The van der Waals surface area contributed by atoms with Crippen molar-refractivity contribution in [2.24, 2.45) is 11.8 Å². The van der Waals surface area contributed by atoms with Crippen molar-refractivity contribution < 1.29 is 9.53 Å². The summed E-state index contributed by atoms with van der Waals surface area (Å²) in [4.78, 5) is 14.2. The zero-order valence-electron chi connectivity index (χ0n) is 15.4. The van der Waals surface area contributed by atoms with Crippen molar-refractivity contribution in [1.82, 2.24) is 4.90 Å². The van der Waals surface area contributed by atoms with Gasteiger partial charge in [-0.15, -0.1) is 0 Å². The molecule has 1 rings (SSSR count). The first-order valence-electron chi connectivity index (χ1n) is 8.80. The predicted molar refractivity (Wildman–Crippen MR) is 96.5 cm³/mol. The maximum absolute atomic E-state index is 12.2. The van der Waals surface area contributed by atoms with Gasteiger partial charge in [-0.25, -0.2) is 0 Å². The highest BCUT2D eigenvalue weighted by Crippen LogP contribution is 2.31. The molecule has 1 aromatic carbocycles. The summed E-state index contributed by atoms with van der Waals surface area (Å²) in [6.07, 6.45) is 3.15. The minimum atomic E-state index is -0.0723. The minimum absolute atomic E-state index is 0.0635. The fourth-order valence-corrected chi connectivity index (χ4v) is 2.74. The van der Waals surface area contributed by atoms with Crippen molar-refractivity contribution in [3.63, 3.8) is 0 Å². The van der Waals surface area contributed by atoms with Gasteiger partial charge in [0.25, 0.3) is 0 Å². The molecule has 0 saturated carbocycles. The molecule has 0 fully saturated rings. The van der Waals surface area contributed by atoms with E-state index in [-0.39, 0.29) is 11.9 Å². The van der Waals surface area contributed by atoms with E-state index in [1.807, 2.05) is 32.0 Å². The van der Waals surface area contributed by atoms with Crippen LogP contribution in [0.2, 0.25) is 0 Å². The van der Waals surface area contributed by atoms with Gasteiger partial charge in [0.05, 0.1) is 5.92 Å². The molecular weight excluding hydrogens is 286 g/mol. The van der Waals surface area contributed by atoms with Gasteiger partial charge in [0.15, 0.2) is 0 Å². The van der Waals surface area contributed by atoms with Crippen molar-refractivity contribution in [3.8, 4) is 0 Å². The van der Waals surface area contributed by atoms with E-state index < -0.39 is 0 Å². The molecule has 0 N–H and O–H groups in total. The third-order valence-corrected chi connectivity index (χ3v) is 4.48. The van der Waals surface area contributed by atoms with Gasteiger partial charge in [-0.05, 0) is 44.3 Å². The first-order valence-corrected chi connectivity index (χ1v) is 8.80. The average molecular weight is 319 g/mol. The second-order valence-electron chi connectivity index (χ2n) is 6.96. The molecule has 0 radical (unpaired) electrons. The van der Waals surface area contributed by atoms with E-state index in [0.29, 0.717) is 18.4 Å². The monoisotopic (exact) mass is 319 g/mol. The fraction of sp³-hybridized carbons (Fsp3) is 0.650. The van der Waals surface area contributed by atoms with Crippen LogP contribution in [0.3, 0.4) is 0 Å². The maximum atomic E-state index is 12.2. The van der Waals surface area contributed by atoms with Crippen molar-refractivity contribution in [2.45, 2.75) is 46.0 Å². The van der Waals surface area contributed by atoms with Crippen LogP contribution in [0.25, 0.3) is 0 Å². The summed E-state index contributed by atoms with van der Waals surface area (Å²) in [5, 5.41) is 0. The standard InChI is InChI=1S/C20H33NO2/c1-6-16(2)14-19(18-10-8-7-9-11-18)15-17(3)20(22)23-13-12-21(4)5/h7-11,16-17,19H,6,12-15H2,1-5H3. The van der Waals surface area contributed by atoms with E-state index >= 15 is 0 Å². The number of hydrogen-bond acceptors (Lipinski definition) is 3. The van der Waals surface area contributed by atoms with Crippen molar-refractivity contribution in [2.75, 3.05) is 27.2 Å². The van der Waals surface area contributed by atoms with Gasteiger partial charge in [-0.2, -0.15) is 0 Å². The highest BCUT2D eigenvalue weighted by atomic mass is 16.5. The molecule has 0 aliphatic rings. The summed E-state index contributed by atoms with van der Waals surface area (Å²) in [5.41, 5.74) is 1.33. The van der Waals surface area contributed by atoms with E-state index in [2.05, 4.69) is 38.1 Å². The third-order valence-electron chi connectivity index (χ3n) is 4.48. The topological polar surface area (TPSA) is 29.5 Å². The number of rotatable bonds is 10. The normalized spacial score (nSPS) is 15.2. The lowest BCUT2D eigenvalue weighted by molar-refractivity contribution is -0.148. The van der Waals surface area contributed by atoms with Crippen LogP contribution in [-0.2, 0) is 9.53 Å². The van der Waals surface area contributed by atoms with Gasteiger partial charge in [0.1, 0.15) is 6.61 Å². The van der Waals surface area contributed by atoms with Crippen LogP contribution in [0.15, 0.2) is 30.3 Å². The Kier molecular flexibility index (Phi) is 8.93. The Labute approximate surface area is 142 Å². The Balaban J connectivity index is 2.63. The van der Waals surface area contributed by atoms with Gasteiger partial charge in [0.2, 0.25) is 0 Å². The van der Waals surface area contributed by atoms with E-state index in [1.54, 1.807) is 0 Å². The summed E-state index contributed by atoms with van der Waals surface area (Å²) in [5.74, 6) is 0.947. The highest BCUT2D eigenvalue weighted by molar-refractivity contribution is 5.72. The molecule has 1 aromatic rings. The van der Waals surface area contributed by atoms with E-state index in [1.165, 1.54) is 12.0 Å². The molecule has 0 aromatic heterocycles. The number of esters is 1. The van der Waals surface area contributed by atoms with Crippen LogP contribution in [0, 0.1) is 11.8 Å². The molecule has 0 aliphatic heterocycles. The zero-order chi connectivity index (χ0) is 17.2. The van der Waals surface area contributed by atoms with Crippen LogP contribution in [0.1, 0.15) is 51.5 Å². The van der Waals surface area contributed by atoms with Gasteiger partial charge in [-0.1, -0.05) is 57.5 Å². The molecule has 0 amide bonds. The lowest BCUT2D eigenvalue weighted by atomic mass is 9.82. The SMILES string of the molecule is CCC(C)CC(CC(C)C(=O)OCCN(C)C)c1ccccc1. The smallest absolute Gasteiger partial charge is 0.308 e. The third kappa shape index (κ3) is 7.65. The quantitative estimate of drug-likeness (QED) is 0.601. The molecule has 0 bridgehead atoms. The lowest BCUT2D eigenvalue weighted by Gasteiger charge is -2.23. The Bertz CT molecular complexity index is 444. The van der Waals surface area contributed by atoms with E-state index in [0.717, 1.165) is 19.4 Å². The second kappa shape index (κ2) is 10.4. The predicted octanol–water partition coefficient (Wildman–Crippen LogP) is 4.34. The molecule has 3 unspecified atom stereocenters. The molecule has 130 valence electrons. The van der Waals surface area contributed by atoms with Gasteiger partial charge in [-0.3, -0.25) is 4.79 Å². The van der Waals surface area contributed by atoms with E-state index in [4.69, 9.17) is 4.74 Å². The van der Waals surface area contributed by atoms with Gasteiger partial charge in [0, 0.05) is 6.54 Å². The first kappa shape index (κ1) is 19.7. The van der Waals surface area contributed by atoms with Crippen molar-refractivity contribution in [3.05, 3.63) is 35.9 Å². The molecule has 0 aliphatic carbocycles. The number of nitrogens with zero attached hydrogens (tertiary/aromatic N) is 1. The van der Waals surface area contributed by atoms with Crippen LogP contribution in [0.4, 0.5) is 0 Å². The van der Waals surface area contributed by atoms with Crippen LogP contribution in [0.5, 0.6) is 0 Å². The summed E-state index contributed by atoms with van der Waals surface area (Å²) >= 11 is 0. The molecule has 0 spiro atoms. The molecular formula is C20H33NO2. The van der Waals surface area contributed by atoms with Crippen molar-refractivity contribution >= 4 is 5.97 Å². The van der Waals surface area contributed by atoms with Crippen LogP contribution in [-0.4, -0.2) is 38.1 Å². The van der Waals surface area contributed by atoms with Crippen LogP contribution >= 0.6 is 0 Å². The Morgan fingerprint density at radius 3 is 2.35 bits per heavy atom.